The van der Waals surface area contributed by atoms with E-state index in [9.17, 15) is 34.8 Å². The highest BCUT2D eigenvalue weighted by molar-refractivity contribution is 8.13. The van der Waals surface area contributed by atoms with E-state index in [1.807, 2.05) is 0 Å². The molecule has 0 aliphatic rings. The van der Waals surface area contributed by atoms with Crippen LogP contribution in [0.3, 0.4) is 0 Å². The number of nitrogens with zero attached hydrogens (tertiary/aromatic N) is 1. The summed E-state index contributed by atoms with van der Waals surface area (Å²) in [7, 11) is -0.243. The Hall–Kier alpha value is -1.27. The van der Waals surface area contributed by atoms with E-state index in [0.717, 1.165) is 0 Å². The Balaban J connectivity index is 3.76. The smallest absolute Gasteiger partial charge is 0.402 e. The maximum atomic E-state index is 12.8. The van der Waals surface area contributed by atoms with Crippen molar-refractivity contribution < 1.29 is 39.5 Å². The molecule has 0 aromatic carbocycles. The van der Waals surface area contributed by atoms with E-state index >= 15 is 0 Å². The van der Waals surface area contributed by atoms with Crippen LogP contribution in [-0.2, 0) is 21.8 Å². The molecule has 1 aromatic heterocycles. The molecule has 5 nitrogen and oxygen atoms in total. The number of nitrogens with two attached hydrogens (primary N) is 1. The fourth-order valence-corrected chi connectivity index (χ4v) is 2.17. The third-order valence-corrected chi connectivity index (χ3v) is 3.14. The van der Waals surface area contributed by atoms with Gasteiger partial charge in [-0.1, -0.05) is 0 Å². The predicted octanol–water partition coefficient (Wildman–Crippen LogP) is 2.39. The van der Waals surface area contributed by atoms with Gasteiger partial charge in [0.2, 0.25) is 5.03 Å². The summed E-state index contributed by atoms with van der Waals surface area (Å²) in [4.78, 5) is 3.05. The van der Waals surface area contributed by atoms with Gasteiger partial charge in [-0.2, -0.15) is 13.2 Å². The lowest BCUT2D eigenvalue weighted by Crippen LogP contribution is -2.23. The van der Waals surface area contributed by atoms with Crippen LogP contribution in [0.4, 0.5) is 26.3 Å². The molecule has 0 spiro atoms. The second-order valence-corrected chi connectivity index (χ2v) is 5.96. The van der Waals surface area contributed by atoms with Gasteiger partial charge in [-0.25, -0.2) is 13.4 Å². The minimum absolute atomic E-state index is 0.145. The number of rotatable bonds is 3. The minimum atomic E-state index is -5.58. The van der Waals surface area contributed by atoms with Crippen molar-refractivity contribution in [1.82, 2.24) is 4.98 Å². The molecular formula is C8H5ClF6N2O3S. The Bertz CT molecular complexity index is 643. The highest BCUT2D eigenvalue weighted by Gasteiger charge is 2.43. The number of halogens is 7. The molecule has 0 saturated heterocycles. The monoisotopic (exact) mass is 358 g/mol. The van der Waals surface area contributed by atoms with E-state index in [1.165, 1.54) is 0 Å². The zero-order valence-electron chi connectivity index (χ0n) is 9.59. The minimum Gasteiger partial charge on any atom is -0.402 e. The summed E-state index contributed by atoms with van der Waals surface area (Å²) in [5, 5.41) is -1.71. The van der Waals surface area contributed by atoms with Crippen molar-refractivity contribution in [3.05, 3.63) is 17.3 Å². The van der Waals surface area contributed by atoms with Crippen molar-refractivity contribution >= 4 is 19.7 Å². The highest BCUT2D eigenvalue weighted by Crippen LogP contribution is 2.42. The summed E-state index contributed by atoms with van der Waals surface area (Å²) in [6.45, 7) is -0.658. The standard InChI is InChI=1S/C8H5ClF6N2O3S/c9-21(18,19)6-5(20-8(13,14)15)4(7(10,11)12)1-3(2-16)17-6/h1H,2,16H2. The summed E-state index contributed by atoms with van der Waals surface area (Å²) in [5.74, 6) is -2.05. The maximum Gasteiger partial charge on any atom is 0.573 e. The summed E-state index contributed by atoms with van der Waals surface area (Å²) in [6.07, 6.45) is -10.9. The molecule has 0 atom stereocenters. The quantitative estimate of drug-likeness (QED) is 0.662. The van der Waals surface area contributed by atoms with E-state index in [0.29, 0.717) is 0 Å². The zero-order chi connectivity index (χ0) is 16.6. The average molecular weight is 359 g/mol. The Morgan fingerprint density at radius 2 is 1.76 bits per heavy atom. The number of pyridine rings is 1. The molecule has 0 amide bonds. The maximum absolute atomic E-state index is 12.8. The molecule has 2 N–H and O–H groups in total. The number of aromatic nitrogens is 1. The van der Waals surface area contributed by atoms with Crippen LogP contribution in [-0.4, -0.2) is 19.8 Å². The van der Waals surface area contributed by atoms with Crippen molar-refractivity contribution in [2.75, 3.05) is 0 Å². The lowest BCUT2D eigenvalue weighted by Gasteiger charge is -2.17. The van der Waals surface area contributed by atoms with E-state index in [2.05, 4.69) is 9.72 Å². The zero-order valence-corrected chi connectivity index (χ0v) is 11.2. The summed E-state index contributed by atoms with van der Waals surface area (Å²) in [5.41, 5.74) is 2.39. The van der Waals surface area contributed by atoms with Gasteiger partial charge in [0.15, 0.2) is 5.75 Å². The van der Waals surface area contributed by atoms with Crippen molar-refractivity contribution in [2.45, 2.75) is 24.1 Å². The van der Waals surface area contributed by atoms with Crippen LogP contribution in [0.1, 0.15) is 11.3 Å². The first kappa shape index (κ1) is 17.8. The van der Waals surface area contributed by atoms with Crippen molar-refractivity contribution in [1.29, 1.82) is 0 Å². The first-order valence-electron chi connectivity index (χ1n) is 4.77. The van der Waals surface area contributed by atoms with Crippen LogP contribution >= 0.6 is 10.7 Å². The van der Waals surface area contributed by atoms with Gasteiger partial charge in [-0.3, -0.25) is 0 Å². The van der Waals surface area contributed by atoms with Gasteiger partial charge < -0.3 is 10.5 Å². The summed E-state index contributed by atoms with van der Waals surface area (Å²) in [6, 6.07) is 0.145. The number of alkyl halides is 6. The molecule has 0 bridgehead atoms. The molecule has 13 heteroatoms. The summed E-state index contributed by atoms with van der Waals surface area (Å²) < 4.78 is 100. The molecular weight excluding hydrogens is 354 g/mol. The van der Waals surface area contributed by atoms with Crippen LogP contribution in [0.15, 0.2) is 11.1 Å². The molecule has 0 unspecified atom stereocenters. The number of ether oxygens (including phenoxy) is 1. The van der Waals surface area contributed by atoms with Crippen LogP contribution in [0.5, 0.6) is 5.75 Å². The van der Waals surface area contributed by atoms with Crippen LogP contribution < -0.4 is 10.5 Å². The molecule has 1 aromatic rings. The van der Waals surface area contributed by atoms with E-state index in [4.69, 9.17) is 16.4 Å². The largest absolute Gasteiger partial charge is 0.573 e. The van der Waals surface area contributed by atoms with Crippen LogP contribution in [0.2, 0.25) is 0 Å². The number of hydrogen-bond acceptors (Lipinski definition) is 5. The SMILES string of the molecule is NCc1cc(C(F)(F)F)c(OC(F)(F)F)c(S(=O)(=O)Cl)n1. The topological polar surface area (TPSA) is 82.3 Å². The normalized spacial score (nSPS) is 13.3. The van der Waals surface area contributed by atoms with Gasteiger partial charge >= 0.3 is 12.5 Å². The highest BCUT2D eigenvalue weighted by atomic mass is 35.7. The first-order chi connectivity index (χ1) is 9.25. The number of hydrogen-bond donors (Lipinski definition) is 1. The Labute approximate surface area is 118 Å². The Morgan fingerprint density at radius 3 is 2.10 bits per heavy atom. The lowest BCUT2D eigenvalue weighted by molar-refractivity contribution is -0.277. The molecule has 0 fully saturated rings. The fourth-order valence-electron chi connectivity index (χ4n) is 1.26. The van der Waals surface area contributed by atoms with Gasteiger partial charge in [-0.05, 0) is 6.07 Å². The second kappa shape index (κ2) is 5.50. The third kappa shape index (κ3) is 4.61. The van der Waals surface area contributed by atoms with Crippen molar-refractivity contribution in [3.8, 4) is 5.75 Å². The molecule has 0 aliphatic heterocycles. The van der Waals surface area contributed by atoms with Gasteiger partial charge in [0.25, 0.3) is 9.05 Å². The third-order valence-electron chi connectivity index (χ3n) is 1.96. The van der Waals surface area contributed by atoms with Gasteiger partial charge in [0.05, 0.1) is 5.69 Å². The van der Waals surface area contributed by atoms with Gasteiger partial charge in [0, 0.05) is 17.2 Å². The van der Waals surface area contributed by atoms with Crippen molar-refractivity contribution in [3.63, 3.8) is 0 Å². The molecule has 1 rings (SSSR count). The first-order valence-corrected chi connectivity index (χ1v) is 7.08. The Morgan fingerprint density at radius 1 is 1.24 bits per heavy atom. The van der Waals surface area contributed by atoms with Crippen LogP contribution in [0, 0.1) is 0 Å². The Kier molecular flexibility index (Phi) is 4.65. The van der Waals surface area contributed by atoms with Crippen LogP contribution in [0.25, 0.3) is 0 Å². The van der Waals surface area contributed by atoms with Gasteiger partial charge in [0.1, 0.15) is 5.56 Å². The fraction of sp³-hybridized carbons (Fsp3) is 0.375. The summed E-state index contributed by atoms with van der Waals surface area (Å²) >= 11 is 0. The van der Waals surface area contributed by atoms with Gasteiger partial charge in [-0.15, -0.1) is 13.2 Å². The molecule has 21 heavy (non-hydrogen) atoms. The van der Waals surface area contributed by atoms with E-state index in [-0.39, 0.29) is 6.07 Å². The van der Waals surface area contributed by atoms with Crippen molar-refractivity contribution in [2.24, 2.45) is 5.73 Å². The average Bonchev–Trinajstić information content (AvgIpc) is 2.23. The van der Waals surface area contributed by atoms with E-state index in [1.54, 1.807) is 0 Å². The molecule has 0 aliphatic carbocycles. The molecule has 0 radical (unpaired) electrons. The predicted molar refractivity (Wildman–Crippen MR) is 56.9 cm³/mol. The molecule has 120 valence electrons. The van der Waals surface area contributed by atoms with E-state index < -0.39 is 50.2 Å². The molecule has 0 saturated carbocycles. The second-order valence-electron chi connectivity index (χ2n) is 3.48. The lowest BCUT2D eigenvalue weighted by atomic mass is 10.2. The molecule has 1 heterocycles.